The average Bonchev–Trinajstić information content (AvgIpc) is 2.46. The topological polar surface area (TPSA) is 66.9 Å². The van der Waals surface area contributed by atoms with Crippen molar-refractivity contribution in [2.45, 2.75) is 12.8 Å². The summed E-state index contributed by atoms with van der Waals surface area (Å²) in [4.78, 5) is 11.3. The summed E-state index contributed by atoms with van der Waals surface area (Å²) in [6.07, 6.45) is 2.53. The van der Waals surface area contributed by atoms with Gasteiger partial charge in [-0.3, -0.25) is 4.79 Å². The lowest BCUT2D eigenvalue weighted by Gasteiger charge is -2.21. The molecule has 1 aliphatic heterocycles. The molecule has 1 fully saturated rings. The molecule has 0 radical (unpaired) electrons. The fraction of sp³-hybridized carbons (Fsp3) is 0.583. The van der Waals surface area contributed by atoms with Gasteiger partial charge in [0.05, 0.1) is 0 Å². The van der Waals surface area contributed by atoms with E-state index in [4.69, 9.17) is 0 Å². The van der Waals surface area contributed by atoms with Gasteiger partial charge in [0.2, 0.25) is 0 Å². The van der Waals surface area contributed by atoms with E-state index in [9.17, 15) is 4.79 Å². The highest BCUT2D eigenvalue weighted by molar-refractivity contribution is 7.99. The summed E-state index contributed by atoms with van der Waals surface area (Å²) in [5, 5.41) is 13.7. The van der Waals surface area contributed by atoms with E-state index in [1.807, 2.05) is 11.8 Å². The van der Waals surface area contributed by atoms with Crippen LogP contribution in [0.25, 0.3) is 0 Å². The molecule has 0 spiro atoms. The SMILES string of the molecule is CNC(=O)c1ccc(NCC2CCSCC2)nn1. The van der Waals surface area contributed by atoms with Crippen molar-refractivity contribution in [3.05, 3.63) is 17.8 Å². The molecule has 2 heterocycles. The fourth-order valence-corrected chi connectivity index (χ4v) is 3.08. The molecule has 0 atom stereocenters. The number of hydrogen-bond acceptors (Lipinski definition) is 5. The van der Waals surface area contributed by atoms with Crippen molar-refractivity contribution in [2.75, 3.05) is 30.4 Å². The summed E-state index contributed by atoms with van der Waals surface area (Å²) >= 11 is 2.03. The number of hydrogen-bond donors (Lipinski definition) is 2. The lowest BCUT2D eigenvalue weighted by molar-refractivity contribution is 0.0957. The molecule has 2 rings (SSSR count). The molecule has 1 aromatic rings. The fourth-order valence-electron chi connectivity index (χ4n) is 1.88. The molecule has 18 heavy (non-hydrogen) atoms. The highest BCUT2D eigenvalue weighted by Crippen LogP contribution is 2.22. The van der Waals surface area contributed by atoms with Gasteiger partial charge in [0.25, 0.3) is 5.91 Å². The number of thioether (sulfide) groups is 1. The van der Waals surface area contributed by atoms with Gasteiger partial charge in [-0.25, -0.2) is 0 Å². The third-order valence-corrected chi connectivity index (χ3v) is 4.09. The van der Waals surface area contributed by atoms with E-state index in [0.29, 0.717) is 5.69 Å². The highest BCUT2D eigenvalue weighted by Gasteiger charge is 2.13. The molecular weight excluding hydrogens is 248 g/mol. The Labute approximate surface area is 111 Å². The molecule has 0 bridgehead atoms. The van der Waals surface area contributed by atoms with Gasteiger partial charge in [-0.1, -0.05) is 0 Å². The van der Waals surface area contributed by atoms with Crippen LogP contribution in [0.1, 0.15) is 23.3 Å². The van der Waals surface area contributed by atoms with E-state index in [-0.39, 0.29) is 5.91 Å². The summed E-state index contributed by atoms with van der Waals surface area (Å²) < 4.78 is 0. The van der Waals surface area contributed by atoms with Crippen LogP contribution in [0.2, 0.25) is 0 Å². The maximum Gasteiger partial charge on any atom is 0.271 e. The molecule has 0 saturated carbocycles. The minimum atomic E-state index is -0.210. The molecule has 0 unspecified atom stereocenters. The van der Waals surface area contributed by atoms with Crippen LogP contribution in [0.4, 0.5) is 5.82 Å². The number of amides is 1. The summed E-state index contributed by atoms with van der Waals surface area (Å²) in [7, 11) is 1.58. The minimum Gasteiger partial charge on any atom is -0.368 e. The Morgan fingerprint density at radius 1 is 1.39 bits per heavy atom. The molecule has 2 N–H and O–H groups in total. The molecule has 1 amide bonds. The van der Waals surface area contributed by atoms with E-state index < -0.39 is 0 Å². The predicted octanol–water partition coefficient (Wildman–Crippen LogP) is 1.39. The third-order valence-electron chi connectivity index (χ3n) is 3.04. The molecule has 1 saturated heterocycles. The van der Waals surface area contributed by atoms with Gasteiger partial charge in [0.15, 0.2) is 5.69 Å². The van der Waals surface area contributed by atoms with Crippen molar-refractivity contribution in [3.63, 3.8) is 0 Å². The summed E-state index contributed by atoms with van der Waals surface area (Å²) in [6.45, 7) is 0.939. The van der Waals surface area contributed by atoms with Gasteiger partial charge in [-0.2, -0.15) is 11.8 Å². The lowest BCUT2D eigenvalue weighted by atomic mass is 10.0. The van der Waals surface area contributed by atoms with Gasteiger partial charge < -0.3 is 10.6 Å². The highest BCUT2D eigenvalue weighted by atomic mass is 32.2. The molecule has 1 aromatic heterocycles. The maximum absolute atomic E-state index is 11.3. The smallest absolute Gasteiger partial charge is 0.271 e. The van der Waals surface area contributed by atoms with Gasteiger partial charge in [0.1, 0.15) is 5.82 Å². The van der Waals surface area contributed by atoms with Crippen LogP contribution < -0.4 is 10.6 Å². The van der Waals surface area contributed by atoms with Crippen molar-refractivity contribution in [1.82, 2.24) is 15.5 Å². The Balaban J connectivity index is 1.84. The van der Waals surface area contributed by atoms with Crippen molar-refractivity contribution < 1.29 is 4.79 Å². The van der Waals surface area contributed by atoms with Crippen LogP contribution in [0, 0.1) is 5.92 Å². The second-order valence-electron chi connectivity index (χ2n) is 4.32. The summed E-state index contributed by atoms with van der Waals surface area (Å²) in [5.41, 5.74) is 0.345. The number of nitrogens with zero attached hydrogens (tertiary/aromatic N) is 2. The monoisotopic (exact) mass is 266 g/mol. The Kier molecular flexibility index (Phi) is 4.81. The van der Waals surface area contributed by atoms with Crippen LogP contribution in [0.3, 0.4) is 0 Å². The normalized spacial score (nSPS) is 16.3. The zero-order chi connectivity index (χ0) is 12.8. The largest absolute Gasteiger partial charge is 0.368 e. The first-order valence-electron chi connectivity index (χ1n) is 6.17. The predicted molar refractivity (Wildman–Crippen MR) is 74.0 cm³/mol. The lowest BCUT2D eigenvalue weighted by Crippen LogP contribution is -2.21. The van der Waals surface area contributed by atoms with E-state index >= 15 is 0 Å². The Hall–Kier alpha value is -1.30. The number of anilines is 1. The molecule has 98 valence electrons. The number of aromatic nitrogens is 2. The van der Waals surface area contributed by atoms with Crippen molar-refractivity contribution >= 4 is 23.5 Å². The van der Waals surface area contributed by atoms with Crippen LogP contribution in [0.5, 0.6) is 0 Å². The average molecular weight is 266 g/mol. The Morgan fingerprint density at radius 3 is 2.78 bits per heavy atom. The molecule has 5 nitrogen and oxygen atoms in total. The Morgan fingerprint density at radius 2 is 2.17 bits per heavy atom. The molecule has 0 aromatic carbocycles. The number of nitrogens with one attached hydrogen (secondary N) is 2. The van der Waals surface area contributed by atoms with Gasteiger partial charge >= 0.3 is 0 Å². The van der Waals surface area contributed by atoms with E-state index in [0.717, 1.165) is 18.3 Å². The van der Waals surface area contributed by atoms with Gasteiger partial charge in [-0.15, -0.1) is 10.2 Å². The molecular formula is C12H18N4OS. The van der Waals surface area contributed by atoms with Crippen LogP contribution >= 0.6 is 11.8 Å². The van der Waals surface area contributed by atoms with Crippen LogP contribution in [0.15, 0.2) is 12.1 Å². The van der Waals surface area contributed by atoms with Crippen LogP contribution in [-0.4, -0.2) is 41.2 Å². The molecule has 6 heteroatoms. The Bertz CT molecular complexity index is 390. The minimum absolute atomic E-state index is 0.210. The first-order valence-corrected chi connectivity index (χ1v) is 7.32. The van der Waals surface area contributed by atoms with Crippen molar-refractivity contribution in [3.8, 4) is 0 Å². The number of carbonyl (C=O) groups is 1. The number of rotatable bonds is 4. The van der Waals surface area contributed by atoms with Gasteiger partial charge in [-0.05, 0) is 42.4 Å². The molecule has 0 aliphatic carbocycles. The van der Waals surface area contributed by atoms with E-state index in [1.165, 1.54) is 24.3 Å². The third kappa shape index (κ3) is 3.60. The maximum atomic E-state index is 11.3. The quantitative estimate of drug-likeness (QED) is 0.862. The standard InChI is InChI=1S/C12H18N4OS/c1-13-12(17)10-2-3-11(16-15-10)14-8-9-4-6-18-7-5-9/h2-3,9H,4-8H2,1H3,(H,13,17)(H,14,16). The second-order valence-corrected chi connectivity index (χ2v) is 5.54. The zero-order valence-corrected chi connectivity index (χ0v) is 11.3. The van der Waals surface area contributed by atoms with Gasteiger partial charge in [0, 0.05) is 13.6 Å². The zero-order valence-electron chi connectivity index (χ0n) is 10.5. The molecule has 1 aliphatic rings. The van der Waals surface area contributed by atoms with Crippen molar-refractivity contribution in [2.24, 2.45) is 5.92 Å². The number of carbonyl (C=O) groups excluding carboxylic acids is 1. The van der Waals surface area contributed by atoms with E-state index in [2.05, 4.69) is 20.8 Å². The second kappa shape index (κ2) is 6.58. The van der Waals surface area contributed by atoms with Crippen molar-refractivity contribution in [1.29, 1.82) is 0 Å². The summed E-state index contributed by atoms with van der Waals surface area (Å²) in [6, 6.07) is 3.49. The first-order chi connectivity index (χ1) is 8.79. The first kappa shape index (κ1) is 13.1. The van der Waals surface area contributed by atoms with E-state index in [1.54, 1.807) is 19.2 Å². The van der Waals surface area contributed by atoms with Crippen LogP contribution in [-0.2, 0) is 0 Å². The summed E-state index contributed by atoms with van der Waals surface area (Å²) in [5.74, 6) is 3.77.